The van der Waals surface area contributed by atoms with Gasteiger partial charge in [-0.15, -0.1) is 0 Å². The van der Waals surface area contributed by atoms with Gasteiger partial charge < -0.3 is 4.74 Å². The number of fused-ring (bicyclic) bond motifs is 1. The molecule has 1 aromatic rings. The van der Waals surface area contributed by atoms with Crippen LogP contribution in [0.4, 0.5) is 0 Å². The van der Waals surface area contributed by atoms with E-state index < -0.39 is 0 Å². The van der Waals surface area contributed by atoms with Crippen molar-refractivity contribution in [2.75, 3.05) is 6.61 Å². The van der Waals surface area contributed by atoms with Crippen LogP contribution in [0.15, 0.2) is 18.2 Å². The Kier molecular flexibility index (Phi) is 3.82. The van der Waals surface area contributed by atoms with E-state index in [1.165, 1.54) is 6.42 Å². The van der Waals surface area contributed by atoms with Crippen LogP contribution < -0.4 is 4.74 Å². The van der Waals surface area contributed by atoms with Crippen molar-refractivity contribution in [2.24, 2.45) is 5.92 Å². The number of carbonyl (C=O) groups excluding carboxylic acids is 1. The minimum Gasteiger partial charge on any atom is -0.493 e. The van der Waals surface area contributed by atoms with Gasteiger partial charge in [-0.3, -0.25) is 4.79 Å². The molecule has 0 N–H and O–H groups in total. The second-order valence-electron chi connectivity index (χ2n) is 5.09. The standard InChI is InChI=1S/C15H20O2/c1-11(2)5-4-10-17-15-7-3-6-12-13(15)8-9-14(12)16/h3,6-7,11H,4-5,8-10H2,1-2H3. The highest BCUT2D eigenvalue weighted by Crippen LogP contribution is 2.30. The third-order valence-electron chi connectivity index (χ3n) is 3.22. The smallest absolute Gasteiger partial charge is 0.163 e. The lowest BCUT2D eigenvalue weighted by Gasteiger charge is -2.10. The molecule has 0 unspecified atom stereocenters. The third-order valence-corrected chi connectivity index (χ3v) is 3.22. The Morgan fingerprint density at radius 2 is 2.12 bits per heavy atom. The van der Waals surface area contributed by atoms with Gasteiger partial charge >= 0.3 is 0 Å². The second kappa shape index (κ2) is 5.35. The number of ketones is 1. The van der Waals surface area contributed by atoms with E-state index in [1.54, 1.807) is 0 Å². The average Bonchev–Trinajstić information content (AvgIpc) is 2.67. The molecule has 1 aliphatic carbocycles. The van der Waals surface area contributed by atoms with Crippen LogP contribution in [-0.2, 0) is 6.42 Å². The monoisotopic (exact) mass is 232 g/mol. The van der Waals surface area contributed by atoms with Crippen molar-refractivity contribution in [2.45, 2.75) is 39.5 Å². The SMILES string of the molecule is CC(C)CCCOc1cccc2c1CCC2=O. The molecule has 0 aliphatic heterocycles. The van der Waals surface area contributed by atoms with Gasteiger partial charge in [0.1, 0.15) is 5.75 Å². The van der Waals surface area contributed by atoms with Crippen LogP contribution in [0.25, 0.3) is 0 Å². The fraction of sp³-hybridized carbons (Fsp3) is 0.533. The Morgan fingerprint density at radius 3 is 2.88 bits per heavy atom. The molecule has 0 saturated carbocycles. The third kappa shape index (κ3) is 2.87. The number of benzene rings is 1. The molecule has 0 spiro atoms. The molecule has 2 rings (SSSR count). The van der Waals surface area contributed by atoms with Crippen LogP contribution in [0.1, 0.15) is 49.0 Å². The van der Waals surface area contributed by atoms with Gasteiger partial charge in [-0.1, -0.05) is 26.0 Å². The van der Waals surface area contributed by atoms with Gasteiger partial charge in [0.2, 0.25) is 0 Å². The van der Waals surface area contributed by atoms with Crippen LogP contribution in [0, 0.1) is 5.92 Å². The van der Waals surface area contributed by atoms with E-state index in [-0.39, 0.29) is 5.78 Å². The van der Waals surface area contributed by atoms with E-state index in [1.807, 2.05) is 18.2 Å². The zero-order chi connectivity index (χ0) is 12.3. The lowest BCUT2D eigenvalue weighted by atomic mass is 10.1. The Bertz CT molecular complexity index is 407. The van der Waals surface area contributed by atoms with Gasteiger partial charge in [-0.2, -0.15) is 0 Å². The summed E-state index contributed by atoms with van der Waals surface area (Å²) in [5.41, 5.74) is 1.98. The maximum atomic E-state index is 11.6. The topological polar surface area (TPSA) is 26.3 Å². The quantitative estimate of drug-likeness (QED) is 0.725. The van der Waals surface area contributed by atoms with Crippen LogP contribution in [-0.4, -0.2) is 12.4 Å². The summed E-state index contributed by atoms with van der Waals surface area (Å²) in [7, 11) is 0. The highest BCUT2D eigenvalue weighted by molar-refractivity contribution is 6.01. The normalized spacial score (nSPS) is 14.2. The Morgan fingerprint density at radius 1 is 1.29 bits per heavy atom. The number of rotatable bonds is 5. The lowest BCUT2D eigenvalue weighted by Crippen LogP contribution is -2.02. The van der Waals surface area contributed by atoms with E-state index in [0.717, 1.165) is 42.2 Å². The largest absolute Gasteiger partial charge is 0.493 e. The predicted octanol–water partition coefficient (Wildman–Crippen LogP) is 3.63. The molecule has 0 amide bonds. The van der Waals surface area contributed by atoms with Gasteiger partial charge in [0.15, 0.2) is 5.78 Å². The molecule has 0 saturated heterocycles. The molecule has 1 aliphatic rings. The van der Waals surface area contributed by atoms with Crippen molar-refractivity contribution in [3.63, 3.8) is 0 Å². The molecule has 2 nitrogen and oxygen atoms in total. The molecule has 2 heteroatoms. The van der Waals surface area contributed by atoms with Gasteiger partial charge in [-0.25, -0.2) is 0 Å². The first kappa shape index (κ1) is 12.2. The van der Waals surface area contributed by atoms with Crippen molar-refractivity contribution in [3.8, 4) is 5.75 Å². The lowest BCUT2D eigenvalue weighted by molar-refractivity contribution is 0.0994. The summed E-state index contributed by atoms with van der Waals surface area (Å²) in [4.78, 5) is 11.6. The van der Waals surface area contributed by atoms with Gasteiger partial charge in [0.25, 0.3) is 0 Å². The van der Waals surface area contributed by atoms with Crippen molar-refractivity contribution in [1.82, 2.24) is 0 Å². The first-order valence-electron chi connectivity index (χ1n) is 6.46. The number of Topliss-reactive ketones (excluding diaryl/α,β-unsaturated/α-hetero) is 1. The number of ether oxygens (including phenoxy) is 1. The van der Waals surface area contributed by atoms with Crippen LogP contribution in [0.5, 0.6) is 5.75 Å². The van der Waals surface area contributed by atoms with Crippen molar-refractivity contribution in [1.29, 1.82) is 0 Å². The highest BCUT2D eigenvalue weighted by atomic mass is 16.5. The van der Waals surface area contributed by atoms with E-state index in [4.69, 9.17) is 4.74 Å². The van der Waals surface area contributed by atoms with Gasteiger partial charge in [0, 0.05) is 17.5 Å². The highest BCUT2D eigenvalue weighted by Gasteiger charge is 2.22. The van der Waals surface area contributed by atoms with E-state index in [2.05, 4.69) is 13.8 Å². The maximum Gasteiger partial charge on any atom is 0.163 e. The summed E-state index contributed by atoms with van der Waals surface area (Å²) in [6.07, 6.45) is 3.75. The summed E-state index contributed by atoms with van der Waals surface area (Å²) in [5.74, 6) is 1.89. The second-order valence-corrected chi connectivity index (χ2v) is 5.09. The van der Waals surface area contributed by atoms with E-state index in [0.29, 0.717) is 6.42 Å². The zero-order valence-corrected chi connectivity index (χ0v) is 10.7. The Labute approximate surface area is 103 Å². The fourth-order valence-electron chi connectivity index (χ4n) is 2.27. The minimum absolute atomic E-state index is 0.257. The number of carbonyl (C=O) groups is 1. The van der Waals surface area contributed by atoms with Crippen LogP contribution in [0.2, 0.25) is 0 Å². The summed E-state index contributed by atoms with van der Waals surface area (Å²) in [6.45, 7) is 5.20. The molecule has 92 valence electrons. The first-order chi connectivity index (χ1) is 8.18. The molecule has 0 fully saturated rings. The molecule has 0 atom stereocenters. The number of hydrogen-bond acceptors (Lipinski definition) is 2. The Hall–Kier alpha value is -1.31. The van der Waals surface area contributed by atoms with Gasteiger partial charge in [-0.05, 0) is 31.2 Å². The van der Waals surface area contributed by atoms with Gasteiger partial charge in [0.05, 0.1) is 6.61 Å². The molecular formula is C15H20O2. The summed E-state index contributed by atoms with van der Waals surface area (Å²) < 4.78 is 5.80. The maximum absolute atomic E-state index is 11.6. The fourth-order valence-corrected chi connectivity index (χ4v) is 2.27. The molecule has 1 aromatic carbocycles. The van der Waals surface area contributed by atoms with Crippen molar-refractivity contribution < 1.29 is 9.53 Å². The average molecular weight is 232 g/mol. The van der Waals surface area contributed by atoms with Crippen LogP contribution in [0.3, 0.4) is 0 Å². The first-order valence-corrected chi connectivity index (χ1v) is 6.46. The van der Waals surface area contributed by atoms with E-state index in [9.17, 15) is 4.79 Å². The molecule has 0 radical (unpaired) electrons. The molecule has 0 aromatic heterocycles. The summed E-state index contributed by atoms with van der Waals surface area (Å²) >= 11 is 0. The molecular weight excluding hydrogens is 212 g/mol. The number of hydrogen-bond donors (Lipinski definition) is 0. The van der Waals surface area contributed by atoms with E-state index >= 15 is 0 Å². The molecule has 0 bridgehead atoms. The van der Waals surface area contributed by atoms with Crippen molar-refractivity contribution in [3.05, 3.63) is 29.3 Å². The summed E-state index contributed by atoms with van der Waals surface area (Å²) in [6, 6.07) is 5.80. The minimum atomic E-state index is 0.257. The van der Waals surface area contributed by atoms with Crippen LogP contribution >= 0.6 is 0 Å². The molecule has 0 heterocycles. The predicted molar refractivity (Wildman–Crippen MR) is 68.7 cm³/mol. The van der Waals surface area contributed by atoms with Crippen molar-refractivity contribution >= 4 is 5.78 Å². The zero-order valence-electron chi connectivity index (χ0n) is 10.7. The molecule has 17 heavy (non-hydrogen) atoms. The summed E-state index contributed by atoms with van der Waals surface area (Å²) in [5, 5.41) is 0. The Balaban J connectivity index is 1.96.